The van der Waals surface area contributed by atoms with Crippen LogP contribution < -0.4 is 0 Å². The molecule has 0 radical (unpaired) electrons. The number of benzene rings is 1. The molecule has 0 saturated heterocycles. The van der Waals surface area contributed by atoms with Gasteiger partial charge < -0.3 is 0 Å². The second-order valence-corrected chi connectivity index (χ2v) is 1.94. The molecule has 0 aliphatic rings. The number of nitrogens with zero attached hydrogens (tertiary/aromatic N) is 2. The van der Waals surface area contributed by atoms with Crippen molar-refractivity contribution in [2.24, 2.45) is 10.2 Å². The van der Waals surface area contributed by atoms with Crippen molar-refractivity contribution in [3.8, 4) is 0 Å². The Balaban J connectivity index is 2.81. The van der Waals surface area contributed by atoms with Crippen LogP contribution in [0.2, 0.25) is 0 Å². The van der Waals surface area contributed by atoms with Crippen LogP contribution in [0.3, 0.4) is 0 Å². The first-order chi connectivity index (χ1) is 5.33. The van der Waals surface area contributed by atoms with Crippen molar-refractivity contribution >= 4 is 12.9 Å². The minimum absolute atomic E-state index is 0.256. The van der Waals surface area contributed by atoms with E-state index in [1.54, 1.807) is 12.1 Å². The average molecular weight is 150 g/mol. The summed E-state index contributed by atoms with van der Waals surface area (Å²) in [6.07, 6.45) is 1.51. The van der Waals surface area contributed by atoms with E-state index >= 15 is 0 Å². The monoisotopic (exact) mass is 150 g/mol. The van der Waals surface area contributed by atoms with E-state index in [9.17, 15) is 4.39 Å². The van der Waals surface area contributed by atoms with Gasteiger partial charge in [0.05, 0.1) is 6.21 Å². The zero-order chi connectivity index (χ0) is 8.10. The summed E-state index contributed by atoms with van der Waals surface area (Å²) in [6.45, 7) is 3.17. The number of halogens is 1. The normalized spacial score (nSPS) is 10.3. The highest BCUT2D eigenvalue weighted by Crippen LogP contribution is 1.99. The van der Waals surface area contributed by atoms with E-state index in [0.29, 0.717) is 0 Å². The molecule has 2 nitrogen and oxygen atoms in total. The van der Waals surface area contributed by atoms with Crippen LogP contribution in [-0.2, 0) is 0 Å². The van der Waals surface area contributed by atoms with Crippen molar-refractivity contribution in [2.75, 3.05) is 0 Å². The molecular weight excluding hydrogens is 143 g/mol. The standard InChI is InChI=1S/C8H7FN2/c1-10-11-6-7-2-4-8(9)5-3-7/h2-6H,1H2/b11-6+. The van der Waals surface area contributed by atoms with E-state index in [4.69, 9.17) is 0 Å². The van der Waals surface area contributed by atoms with Crippen LogP contribution in [-0.4, -0.2) is 12.9 Å². The number of rotatable bonds is 2. The highest BCUT2D eigenvalue weighted by Gasteiger charge is 1.87. The fourth-order valence-electron chi connectivity index (χ4n) is 0.656. The lowest BCUT2D eigenvalue weighted by molar-refractivity contribution is 0.628. The van der Waals surface area contributed by atoms with Gasteiger partial charge >= 0.3 is 0 Å². The molecule has 1 aromatic rings. The van der Waals surface area contributed by atoms with Gasteiger partial charge in [-0.15, -0.1) is 0 Å². The molecule has 56 valence electrons. The lowest BCUT2D eigenvalue weighted by Gasteiger charge is -1.89. The van der Waals surface area contributed by atoms with Gasteiger partial charge in [-0.25, -0.2) is 4.39 Å². The van der Waals surface area contributed by atoms with Crippen molar-refractivity contribution in [3.63, 3.8) is 0 Å². The van der Waals surface area contributed by atoms with E-state index in [-0.39, 0.29) is 5.82 Å². The summed E-state index contributed by atoms with van der Waals surface area (Å²) in [5, 5.41) is 6.82. The molecule has 0 unspecified atom stereocenters. The minimum atomic E-state index is -0.256. The van der Waals surface area contributed by atoms with Gasteiger partial charge in [0.1, 0.15) is 5.82 Å². The Morgan fingerprint density at radius 3 is 2.45 bits per heavy atom. The van der Waals surface area contributed by atoms with E-state index in [1.165, 1.54) is 18.3 Å². The largest absolute Gasteiger partial charge is 0.207 e. The summed E-state index contributed by atoms with van der Waals surface area (Å²) in [7, 11) is 0. The fraction of sp³-hybridized carbons (Fsp3) is 0. The summed E-state index contributed by atoms with van der Waals surface area (Å²) < 4.78 is 12.3. The third-order valence-electron chi connectivity index (χ3n) is 1.16. The first-order valence-corrected chi connectivity index (χ1v) is 3.07. The zero-order valence-electron chi connectivity index (χ0n) is 5.87. The van der Waals surface area contributed by atoms with Crippen LogP contribution in [0.15, 0.2) is 34.5 Å². The van der Waals surface area contributed by atoms with Crippen molar-refractivity contribution < 1.29 is 4.39 Å². The Hall–Kier alpha value is -1.51. The molecule has 3 heteroatoms. The molecule has 0 aromatic heterocycles. The van der Waals surface area contributed by atoms with Crippen LogP contribution in [0, 0.1) is 5.82 Å². The van der Waals surface area contributed by atoms with Crippen LogP contribution in [0.5, 0.6) is 0 Å². The lowest BCUT2D eigenvalue weighted by atomic mass is 10.2. The Morgan fingerprint density at radius 1 is 1.27 bits per heavy atom. The average Bonchev–Trinajstić information content (AvgIpc) is 2.04. The molecule has 1 rings (SSSR count). The molecule has 0 bridgehead atoms. The Kier molecular flexibility index (Phi) is 2.49. The van der Waals surface area contributed by atoms with Gasteiger partial charge in [0.15, 0.2) is 0 Å². The zero-order valence-corrected chi connectivity index (χ0v) is 5.87. The van der Waals surface area contributed by atoms with Crippen molar-refractivity contribution in [2.45, 2.75) is 0 Å². The second kappa shape index (κ2) is 3.61. The molecule has 0 saturated carbocycles. The predicted octanol–water partition coefficient (Wildman–Crippen LogP) is 1.86. The fourth-order valence-corrected chi connectivity index (χ4v) is 0.656. The van der Waals surface area contributed by atoms with E-state index < -0.39 is 0 Å². The van der Waals surface area contributed by atoms with Crippen LogP contribution in [0.4, 0.5) is 4.39 Å². The van der Waals surface area contributed by atoms with Gasteiger partial charge in [-0.05, 0) is 17.7 Å². The molecular formula is C8H7FN2. The highest BCUT2D eigenvalue weighted by molar-refractivity contribution is 5.79. The highest BCUT2D eigenvalue weighted by atomic mass is 19.1. The van der Waals surface area contributed by atoms with Gasteiger partial charge in [0.25, 0.3) is 0 Å². The Morgan fingerprint density at radius 2 is 1.91 bits per heavy atom. The van der Waals surface area contributed by atoms with Crippen molar-refractivity contribution in [1.82, 2.24) is 0 Å². The summed E-state index contributed by atoms with van der Waals surface area (Å²) >= 11 is 0. The maximum atomic E-state index is 12.3. The van der Waals surface area contributed by atoms with Gasteiger partial charge in [-0.3, -0.25) is 0 Å². The first kappa shape index (κ1) is 7.60. The summed E-state index contributed by atoms with van der Waals surface area (Å²) in [5.41, 5.74) is 0.804. The quantitative estimate of drug-likeness (QED) is 0.454. The van der Waals surface area contributed by atoms with E-state index in [0.717, 1.165) is 5.56 Å². The topological polar surface area (TPSA) is 24.7 Å². The lowest BCUT2D eigenvalue weighted by Crippen LogP contribution is -1.79. The smallest absolute Gasteiger partial charge is 0.123 e. The van der Waals surface area contributed by atoms with Crippen molar-refractivity contribution in [1.29, 1.82) is 0 Å². The molecule has 0 atom stereocenters. The Labute approximate surface area is 64.1 Å². The summed E-state index contributed by atoms with van der Waals surface area (Å²) in [5.74, 6) is -0.256. The Bertz CT molecular complexity index is 264. The predicted molar refractivity (Wildman–Crippen MR) is 43.5 cm³/mol. The van der Waals surface area contributed by atoms with Crippen molar-refractivity contribution in [3.05, 3.63) is 35.6 Å². The molecule has 0 aliphatic heterocycles. The summed E-state index contributed by atoms with van der Waals surface area (Å²) in [4.78, 5) is 0. The number of hydrogen-bond acceptors (Lipinski definition) is 2. The van der Waals surface area contributed by atoms with Crippen LogP contribution >= 0.6 is 0 Å². The van der Waals surface area contributed by atoms with E-state index in [2.05, 4.69) is 16.9 Å². The molecule has 0 amide bonds. The molecule has 0 N–H and O–H groups in total. The van der Waals surface area contributed by atoms with Gasteiger partial charge in [0, 0.05) is 6.72 Å². The molecule has 0 heterocycles. The first-order valence-electron chi connectivity index (χ1n) is 3.07. The van der Waals surface area contributed by atoms with Crippen LogP contribution in [0.1, 0.15) is 5.56 Å². The van der Waals surface area contributed by atoms with Gasteiger partial charge in [-0.1, -0.05) is 12.1 Å². The maximum absolute atomic E-state index is 12.3. The van der Waals surface area contributed by atoms with Gasteiger partial charge in [-0.2, -0.15) is 10.2 Å². The van der Waals surface area contributed by atoms with E-state index in [1.807, 2.05) is 0 Å². The molecule has 0 aliphatic carbocycles. The third-order valence-corrected chi connectivity index (χ3v) is 1.16. The minimum Gasteiger partial charge on any atom is -0.207 e. The molecule has 1 aromatic carbocycles. The molecule has 11 heavy (non-hydrogen) atoms. The number of hydrogen-bond donors (Lipinski definition) is 0. The summed E-state index contributed by atoms with van der Waals surface area (Å²) in [6, 6.07) is 5.96. The second-order valence-electron chi connectivity index (χ2n) is 1.94. The molecule has 0 fully saturated rings. The third kappa shape index (κ3) is 2.29. The maximum Gasteiger partial charge on any atom is 0.123 e. The SMILES string of the molecule is C=N/N=C/c1ccc(F)cc1. The molecule has 0 spiro atoms. The van der Waals surface area contributed by atoms with Gasteiger partial charge in [0.2, 0.25) is 0 Å². The van der Waals surface area contributed by atoms with Crippen LogP contribution in [0.25, 0.3) is 0 Å².